The average Bonchev–Trinajstić information content (AvgIpc) is 2.73. The maximum absolute atomic E-state index is 12.4. The van der Waals surface area contributed by atoms with Gasteiger partial charge in [0.25, 0.3) is 0 Å². The first-order valence-corrected chi connectivity index (χ1v) is 4.09. The minimum Gasteiger partial charge on any atom is -0.275 e. The van der Waals surface area contributed by atoms with Crippen molar-refractivity contribution in [2.45, 2.75) is 24.9 Å². The summed E-state index contributed by atoms with van der Waals surface area (Å²) in [5.41, 5.74) is -0.354. The highest BCUT2D eigenvalue weighted by Crippen LogP contribution is 2.44. The lowest BCUT2D eigenvalue weighted by Gasteiger charge is -2.04. The molecule has 0 N–H and O–H groups in total. The smallest absolute Gasteiger partial charge is 0.275 e. The van der Waals surface area contributed by atoms with Crippen molar-refractivity contribution < 1.29 is 13.2 Å². The van der Waals surface area contributed by atoms with E-state index in [9.17, 15) is 13.2 Å². The van der Waals surface area contributed by atoms with Crippen LogP contribution in [0.3, 0.4) is 0 Å². The summed E-state index contributed by atoms with van der Waals surface area (Å²) >= 11 is 0. The molecule has 1 fully saturated rings. The predicted octanol–water partition coefficient (Wildman–Crippen LogP) is 2.32. The number of aromatic nitrogens is 2. The number of halogens is 3. The molecule has 1 aliphatic rings. The molecular formula is C8H9F3N2. The number of alkyl halides is 3. The van der Waals surface area contributed by atoms with Gasteiger partial charge in [0, 0.05) is 19.2 Å². The summed E-state index contributed by atoms with van der Waals surface area (Å²) < 4.78 is 38.4. The maximum atomic E-state index is 12.4. The van der Waals surface area contributed by atoms with E-state index in [1.165, 1.54) is 11.7 Å². The molecule has 1 aromatic heterocycles. The Morgan fingerprint density at radius 3 is 2.54 bits per heavy atom. The summed E-state index contributed by atoms with van der Waals surface area (Å²) in [6, 6.07) is 0. The molecule has 0 bridgehead atoms. The van der Waals surface area contributed by atoms with Crippen LogP contribution < -0.4 is 0 Å². The van der Waals surface area contributed by atoms with E-state index in [1.54, 1.807) is 0 Å². The molecule has 1 aromatic rings. The van der Waals surface area contributed by atoms with Crippen molar-refractivity contribution >= 4 is 0 Å². The van der Waals surface area contributed by atoms with Crippen LogP contribution in [0, 0.1) is 0 Å². The Bertz CT molecular complexity index is 323. The van der Waals surface area contributed by atoms with E-state index >= 15 is 0 Å². The van der Waals surface area contributed by atoms with Crippen molar-refractivity contribution in [1.29, 1.82) is 0 Å². The molecule has 0 amide bonds. The number of hydrogen-bond acceptors (Lipinski definition) is 1. The second-order valence-electron chi connectivity index (χ2n) is 3.37. The van der Waals surface area contributed by atoms with E-state index in [0.717, 1.165) is 19.0 Å². The predicted molar refractivity (Wildman–Crippen MR) is 40.2 cm³/mol. The van der Waals surface area contributed by atoms with Gasteiger partial charge in [0.05, 0.1) is 11.3 Å². The molecule has 0 spiro atoms. The second kappa shape index (κ2) is 2.49. The molecule has 2 nitrogen and oxygen atoms in total. The van der Waals surface area contributed by atoms with Crippen LogP contribution in [0.4, 0.5) is 13.2 Å². The van der Waals surface area contributed by atoms with Crippen molar-refractivity contribution in [3.8, 4) is 0 Å². The quantitative estimate of drug-likeness (QED) is 0.664. The van der Waals surface area contributed by atoms with Gasteiger partial charge in [-0.2, -0.15) is 18.3 Å². The Balaban J connectivity index is 2.42. The maximum Gasteiger partial charge on any atom is 0.419 e. The minimum atomic E-state index is -4.26. The monoisotopic (exact) mass is 190 g/mol. The fourth-order valence-electron chi connectivity index (χ4n) is 1.38. The van der Waals surface area contributed by atoms with Crippen molar-refractivity contribution in [3.05, 3.63) is 17.5 Å². The molecular weight excluding hydrogens is 181 g/mol. The highest BCUT2D eigenvalue weighted by molar-refractivity contribution is 5.27. The summed E-state index contributed by atoms with van der Waals surface area (Å²) in [5, 5.41) is 3.84. The Kier molecular flexibility index (Phi) is 1.65. The minimum absolute atomic E-state index is 0.0397. The first kappa shape index (κ1) is 8.59. The first-order chi connectivity index (χ1) is 5.98. The summed E-state index contributed by atoms with van der Waals surface area (Å²) in [6.45, 7) is 0. The summed E-state index contributed by atoms with van der Waals surface area (Å²) in [4.78, 5) is 0. The van der Waals surface area contributed by atoms with Gasteiger partial charge in [-0.3, -0.25) is 4.68 Å². The highest BCUT2D eigenvalue weighted by atomic mass is 19.4. The van der Waals surface area contributed by atoms with E-state index in [-0.39, 0.29) is 11.6 Å². The fraction of sp³-hybridized carbons (Fsp3) is 0.625. The van der Waals surface area contributed by atoms with Gasteiger partial charge in [0.15, 0.2) is 0 Å². The van der Waals surface area contributed by atoms with E-state index in [1.807, 2.05) is 0 Å². The van der Waals surface area contributed by atoms with Gasteiger partial charge in [-0.05, 0) is 12.8 Å². The largest absolute Gasteiger partial charge is 0.419 e. The third-order valence-electron chi connectivity index (χ3n) is 2.13. The lowest BCUT2D eigenvalue weighted by Crippen LogP contribution is -2.06. The summed E-state index contributed by atoms with van der Waals surface area (Å²) in [7, 11) is 1.52. The molecule has 2 rings (SSSR count). The normalized spacial score (nSPS) is 17.8. The Morgan fingerprint density at radius 2 is 2.08 bits per heavy atom. The van der Waals surface area contributed by atoms with Crippen LogP contribution in [-0.4, -0.2) is 9.78 Å². The molecule has 1 heterocycles. The molecule has 1 saturated carbocycles. The van der Waals surface area contributed by atoms with Crippen LogP contribution >= 0.6 is 0 Å². The molecule has 13 heavy (non-hydrogen) atoms. The highest BCUT2D eigenvalue weighted by Gasteiger charge is 2.40. The van der Waals surface area contributed by atoms with Crippen LogP contribution in [0.1, 0.15) is 30.0 Å². The average molecular weight is 190 g/mol. The van der Waals surface area contributed by atoms with Gasteiger partial charge in [-0.25, -0.2) is 0 Å². The van der Waals surface area contributed by atoms with Crippen molar-refractivity contribution in [2.75, 3.05) is 0 Å². The van der Waals surface area contributed by atoms with Crippen LogP contribution in [0.15, 0.2) is 6.20 Å². The summed E-state index contributed by atoms with van der Waals surface area (Å²) in [5.74, 6) is 0.0397. The molecule has 0 saturated heterocycles. The Morgan fingerprint density at radius 1 is 1.46 bits per heavy atom. The molecule has 1 aliphatic carbocycles. The molecule has 0 radical (unpaired) electrons. The van der Waals surface area contributed by atoms with E-state index in [2.05, 4.69) is 5.10 Å². The third kappa shape index (κ3) is 1.55. The van der Waals surface area contributed by atoms with Crippen molar-refractivity contribution in [3.63, 3.8) is 0 Å². The zero-order valence-corrected chi connectivity index (χ0v) is 7.10. The zero-order chi connectivity index (χ0) is 9.64. The van der Waals surface area contributed by atoms with E-state index < -0.39 is 11.7 Å². The van der Waals surface area contributed by atoms with Gasteiger partial charge in [-0.1, -0.05) is 0 Å². The van der Waals surface area contributed by atoms with Crippen LogP contribution in [0.5, 0.6) is 0 Å². The van der Waals surface area contributed by atoms with Crippen molar-refractivity contribution in [1.82, 2.24) is 9.78 Å². The zero-order valence-electron chi connectivity index (χ0n) is 7.10. The molecule has 0 atom stereocenters. The standard InChI is InChI=1S/C8H9F3N2/c1-13-4-6(8(9,10)11)7(12-13)5-2-3-5/h4-5H,2-3H2,1H3. The van der Waals surface area contributed by atoms with Gasteiger partial charge in [-0.15, -0.1) is 0 Å². The van der Waals surface area contributed by atoms with E-state index in [0.29, 0.717) is 0 Å². The molecule has 0 aliphatic heterocycles. The van der Waals surface area contributed by atoms with Crippen LogP contribution in [0.2, 0.25) is 0 Å². The SMILES string of the molecule is Cn1cc(C(F)(F)F)c(C2CC2)n1. The van der Waals surface area contributed by atoms with Gasteiger partial charge < -0.3 is 0 Å². The fourth-order valence-corrected chi connectivity index (χ4v) is 1.38. The first-order valence-electron chi connectivity index (χ1n) is 4.09. The number of hydrogen-bond donors (Lipinski definition) is 0. The van der Waals surface area contributed by atoms with Crippen molar-refractivity contribution in [2.24, 2.45) is 7.05 Å². The molecule has 0 unspecified atom stereocenters. The Labute approximate surface area is 73.4 Å². The number of rotatable bonds is 1. The van der Waals surface area contributed by atoms with Gasteiger partial charge in [0.1, 0.15) is 0 Å². The molecule has 72 valence electrons. The lowest BCUT2D eigenvalue weighted by molar-refractivity contribution is -0.138. The topological polar surface area (TPSA) is 17.8 Å². The number of aryl methyl sites for hydroxylation is 1. The van der Waals surface area contributed by atoms with Gasteiger partial charge in [0.2, 0.25) is 0 Å². The Hall–Kier alpha value is -1.00. The third-order valence-corrected chi connectivity index (χ3v) is 2.13. The molecule has 5 heteroatoms. The van der Waals surface area contributed by atoms with Gasteiger partial charge >= 0.3 is 6.18 Å². The summed E-state index contributed by atoms with van der Waals surface area (Å²) in [6.07, 6.45) is -1.54. The molecule has 0 aromatic carbocycles. The number of nitrogens with zero attached hydrogens (tertiary/aromatic N) is 2. The van der Waals surface area contributed by atoms with E-state index in [4.69, 9.17) is 0 Å². The van der Waals surface area contributed by atoms with Crippen LogP contribution in [0.25, 0.3) is 0 Å². The van der Waals surface area contributed by atoms with Crippen LogP contribution in [-0.2, 0) is 13.2 Å². The second-order valence-corrected chi connectivity index (χ2v) is 3.37. The lowest BCUT2D eigenvalue weighted by atomic mass is 10.2.